The van der Waals surface area contributed by atoms with E-state index in [1.54, 1.807) is 41.7 Å². The molecule has 116 valence electrons. The number of hydrogen-bond donors (Lipinski definition) is 2. The fraction of sp³-hybridized carbons (Fsp3) is 0.125. The average Bonchev–Trinajstić information content (AvgIpc) is 2.58. The lowest BCUT2D eigenvalue weighted by Crippen LogP contribution is -2.37. The highest BCUT2D eigenvalue weighted by Gasteiger charge is 2.23. The molecule has 2 aromatic rings. The minimum absolute atomic E-state index is 0.170. The molecule has 3 N–H and O–H groups in total. The van der Waals surface area contributed by atoms with Crippen LogP contribution >= 0.6 is 0 Å². The largest absolute Gasteiger partial charge is 0.383 e. The van der Waals surface area contributed by atoms with Crippen molar-refractivity contribution in [3.05, 3.63) is 66.0 Å². The summed E-state index contributed by atoms with van der Waals surface area (Å²) in [6.45, 7) is 0.512. The number of carbonyl (C=O) groups excluding carboxylic acids is 1. The van der Waals surface area contributed by atoms with Gasteiger partial charge in [-0.05, 0) is 18.2 Å². The van der Waals surface area contributed by atoms with Gasteiger partial charge < -0.3 is 16.0 Å². The lowest BCUT2D eigenvalue weighted by atomic mass is 10.1. The summed E-state index contributed by atoms with van der Waals surface area (Å²) in [5.74, 6) is 0.379. The van der Waals surface area contributed by atoms with E-state index in [1.165, 1.54) is 0 Å². The Bertz CT molecular complexity index is 770. The molecule has 3 rings (SSSR count). The maximum atomic E-state index is 12.5. The van der Waals surface area contributed by atoms with E-state index in [0.29, 0.717) is 18.2 Å². The summed E-state index contributed by atoms with van der Waals surface area (Å²) in [5.41, 5.74) is 7.78. The van der Waals surface area contributed by atoms with E-state index >= 15 is 0 Å². The van der Waals surface area contributed by atoms with E-state index in [0.717, 1.165) is 11.3 Å². The molecule has 0 spiro atoms. The summed E-state index contributed by atoms with van der Waals surface area (Å²) in [4.78, 5) is 26.8. The molecule has 0 bridgehead atoms. The summed E-state index contributed by atoms with van der Waals surface area (Å²) in [6, 6.07) is 8.99. The number of aliphatic imine (C=N–C) groups is 1. The maximum Gasteiger partial charge on any atom is 0.279 e. The maximum absolute atomic E-state index is 12.5. The van der Waals surface area contributed by atoms with Gasteiger partial charge in [-0.1, -0.05) is 12.1 Å². The smallest absolute Gasteiger partial charge is 0.279 e. The highest BCUT2D eigenvalue weighted by Crippen LogP contribution is 2.17. The molecule has 0 atom stereocenters. The van der Waals surface area contributed by atoms with Gasteiger partial charge in [0.15, 0.2) is 5.70 Å². The van der Waals surface area contributed by atoms with Crippen molar-refractivity contribution in [1.29, 1.82) is 0 Å². The van der Waals surface area contributed by atoms with Gasteiger partial charge >= 0.3 is 0 Å². The molecule has 0 unspecified atom stereocenters. The number of likely N-dealkylation sites (N-methyl/N-ethyl adjacent to an activating group) is 1. The highest BCUT2D eigenvalue weighted by atomic mass is 16.2. The molecule has 0 saturated heterocycles. The molecule has 0 saturated carbocycles. The predicted octanol–water partition coefficient (Wildman–Crippen LogP) is 0.978. The van der Waals surface area contributed by atoms with Crippen molar-refractivity contribution in [2.45, 2.75) is 0 Å². The van der Waals surface area contributed by atoms with E-state index < -0.39 is 5.91 Å². The number of pyridine rings is 2. The van der Waals surface area contributed by atoms with Crippen LogP contribution in [0.3, 0.4) is 0 Å². The average molecular weight is 308 g/mol. The summed E-state index contributed by atoms with van der Waals surface area (Å²) in [5, 5.41) is 2.70. The van der Waals surface area contributed by atoms with E-state index in [2.05, 4.69) is 20.3 Å². The SMILES string of the molecule is CN1CC(c2cccnc2)=NC(C(=O)Nc2ccccn2)=C1N. The zero-order valence-corrected chi connectivity index (χ0v) is 12.6. The lowest BCUT2D eigenvalue weighted by Gasteiger charge is -2.26. The Hall–Kier alpha value is -3.22. The molecule has 3 heterocycles. The molecule has 2 aromatic heterocycles. The highest BCUT2D eigenvalue weighted by molar-refractivity contribution is 6.10. The van der Waals surface area contributed by atoms with Crippen LogP contribution in [0.5, 0.6) is 0 Å². The van der Waals surface area contributed by atoms with Gasteiger partial charge in [0.05, 0.1) is 12.3 Å². The summed E-state index contributed by atoms with van der Waals surface area (Å²) in [6.07, 6.45) is 5.00. The number of nitrogens with two attached hydrogens (primary N) is 1. The van der Waals surface area contributed by atoms with E-state index in [4.69, 9.17) is 5.73 Å². The van der Waals surface area contributed by atoms with Gasteiger partial charge in [-0.15, -0.1) is 0 Å². The Kier molecular flexibility index (Phi) is 4.01. The topological polar surface area (TPSA) is 96.5 Å². The first-order valence-corrected chi connectivity index (χ1v) is 7.06. The van der Waals surface area contributed by atoms with Crippen molar-refractivity contribution in [3.63, 3.8) is 0 Å². The van der Waals surface area contributed by atoms with E-state index in [9.17, 15) is 4.79 Å². The van der Waals surface area contributed by atoms with Crippen LogP contribution in [0, 0.1) is 0 Å². The summed E-state index contributed by atoms with van der Waals surface area (Å²) < 4.78 is 0. The summed E-state index contributed by atoms with van der Waals surface area (Å²) in [7, 11) is 1.81. The number of nitrogens with zero attached hydrogens (tertiary/aromatic N) is 4. The van der Waals surface area contributed by atoms with Crippen molar-refractivity contribution in [1.82, 2.24) is 14.9 Å². The van der Waals surface area contributed by atoms with Crippen LogP contribution in [-0.2, 0) is 4.79 Å². The quantitative estimate of drug-likeness (QED) is 0.881. The second-order valence-electron chi connectivity index (χ2n) is 5.06. The molecule has 7 nitrogen and oxygen atoms in total. The van der Waals surface area contributed by atoms with Gasteiger partial charge in [0.1, 0.15) is 11.6 Å². The van der Waals surface area contributed by atoms with Crippen molar-refractivity contribution in [2.24, 2.45) is 10.7 Å². The minimum Gasteiger partial charge on any atom is -0.383 e. The number of amides is 1. The Balaban J connectivity index is 1.91. The fourth-order valence-corrected chi connectivity index (χ4v) is 2.19. The normalized spacial score (nSPS) is 14.5. The Morgan fingerprint density at radius 2 is 2.13 bits per heavy atom. The van der Waals surface area contributed by atoms with Gasteiger partial charge in [-0.2, -0.15) is 0 Å². The molecule has 0 aromatic carbocycles. The molecule has 1 aliphatic heterocycles. The molecule has 23 heavy (non-hydrogen) atoms. The molecular weight excluding hydrogens is 292 g/mol. The summed E-state index contributed by atoms with van der Waals surface area (Å²) >= 11 is 0. The Labute approximate surface area is 133 Å². The van der Waals surface area contributed by atoms with Gasteiger partial charge in [-0.3, -0.25) is 9.78 Å². The third-order valence-corrected chi connectivity index (χ3v) is 3.40. The third kappa shape index (κ3) is 3.18. The second-order valence-corrected chi connectivity index (χ2v) is 5.06. The number of carbonyl (C=O) groups is 1. The zero-order valence-electron chi connectivity index (χ0n) is 12.6. The molecule has 0 fully saturated rings. The standard InChI is InChI=1S/C16H16N6O/c1-22-10-12(11-5-4-7-18-9-11)20-14(15(22)17)16(23)21-13-6-2-3-8-19-13/h2-9H,10,17H2,1H3,(H,19,21,23). The van der Waals surface area contributed by atoms with Crippen LogP contribution in [0.1, 0.15) is 5.56 Å². The number of rotatable bonds is 3. The molecular formula is C16H16N6O. The fourth-order valence-electron chi connectivity index (χ4n) is 2.19. The predicted molar refractivity (Wildman–Crippen MR) is 87.5 cm³/mol. The van der Waals surface area contributed by atoms with Crippen LogP contribution in [0.15, 0.2) is 65.4 Å². The number of aromatic nitrogens is 2. The second kappa shape index (κ2) is 6.27. The first-order valence-electron chi connectivity index (χ1n) is 7.06. The van der Waals surface area contributed by atoms with Gasteiger partial charge in [0.2, 0.25) is 0 Å². The lowest BCUT2D eigenvalue weighted by molar-refractivity contribution is -0.113. The number of nitrogens with one attached hydrogen (secondary N) is 1. The van der Waals surface area contributed by atoms with Crippen LogP contribution in [0.25, 0.3) is 0 Å². The van der Waals surface area contributed by atoms with Crippen LogP contribution in [-0.4, -0.2) is 40.1 Å². The molecule has 0 aliphatic carbocycles. The Morgan fingerprint density at radius 3 is 2.83 bits per heavy atom. The zero-order chi connectivity index (χ0) is 16.2. The molecule has 1 aliphatic rings. The van der Waals surface area contributed by atoms with Gasteiger partial charge in [0, 0.05) is 31.2 Å². The van der Waals surface area contributed by atoms with E-state index in [1.807, 2.05) is 19.2 Å². The minimum atomic E-state index is -0.394. The Morgan fingerprint density at radius 1 is 1.26 bits per heavy atom. The monoisotopic (exact) mass is 308 g/mol. The van der Waals surface area contributed by atoms with Crippen LogP contribution in [0.4, 0.5) is 5.82 Å². The van der Waals surface area contributed by atoms with E-state index in [-0.39, 0.29) is 5.70 Å². The van der Waals surface area contributed by atoms with Gasteiger partial charge in [-0.25, -0.2) is 9.98 Å². The van der Waals surface area contributed by atoms with Crippen molar-refractivity contribution < 1.29 is 4.79 Å². The number of hydrogen-bond acceptors (Lipinski definition) is 6. The molecule has 1 amide bonds. The van der Waals surface area contributed by atoms with Crippen molar-refractivity contribution in [3.8, 4) is 0 Å². The third-order valence-electron chi connectivity index (χ3n) is 3.40. The van der Waals surface area contributed by atoms with Crippen molar-refractivity contribution in [2.75, 3.05) is 18.9 Å². The molecule has 7 heteroatoms. The van der Waals surface area contributed by atoms with Gasteiger partial charge in [0.25, 0.3) is 5.91 Å². The number of anilines is 1. The van der Waals surface area contributed by atoms with Crippen LogP contribution < -0.4 is 11.1 Å². The van der Waals surface area contributed by atoms with Crippen LogP contribution in [0.2, 0.25) is 0 Å². The molecule has 0 radical (unpaired) electrons. The van der Waals surface area contributed by atoms with Crippen molar-refractivity contribution >= 4 is 17.4 Å². The first-order chi connectivity index (χ1) is 11.1. The first kappa shape index (κ1) is 14.7.